The second kappa shape index (κ2) is 7.75. The van der Waals surface area contributed by atoms with Crippen LogP contribution in [0.5, 0.6) is 5.75 Å². The van der Waals surface area contributed by atoms with Gasteiger partial charge in [-0.25, -0.2) is 4.39 Å². The van der Waals surface area contributed by atoms with Gasteiger partial charge in [-0.3, -0.25) is 9.59 Å². The largest absolute Gasteiger partial charge is 0.486 e. The Morgan fingerprint density at radius 1 is 1.15 bits per heavy atom. The molecular weight excluding hydrogens is 369 g/mol. The van der Waals surface area contributed by atoms with Crippen molar-refractivity contribution in [2.45, 2.75) is 13.5 Å². The number of rotatable bonds is 6. The van der Waals surface area contributed by atoms with E-state index in [1.54, 1.807) is 44.4 Å². The highest BCUT2D eigenvalue weighted by Crippen LogP contribution is 2.32. The van der Waals surface area contributed by atoms with Crippen LogP contribution in [0.1, 0.15) is 32.9 Å². The molecule has 0 saturated carbocycles. The van der Waals surface area contributed by atoms with Gasteiger partial charge in [-0.15, -0.1) is 11.3 Å². The van der Waals surface area contributed by atoms with Crippen molar-refractivity contribution in [1.82, 2.24) is 4.90 Å². The van der Waals surface area contributed by atoms with E-state index in [-0.39, 0.29) is 24.1 Å². The highest BCUT2D eigenvalue weighted by atomic mass is 32.1. The lowest BCUT2D eigenvalue weighted by Gasteiger charge is -2.08. The number of carbonyl (C=O) groups excluding carboxylic acids is 2. The first-order valence-electron chi connectivity index (χ1n) is 8.18. The first-order valence-corrected chi connectivity index (χ1v) is 9.00. The number of benzene rings is 1. The number of hydrogen-bond acceptors (Lipinski definition) is 5. The molecule has 1 aromatic carbocycles. The van der Waals surface area contributed by atoms with E-state index in [0.29, 0.717) is 22.0 Å². The molecular formula is C20H18FNO4S. The van der Waals surface area contributed by atoms with Gasteiger partial charge < -0.3 is 14.1 Å². The first-order chi connectivity index (χ1) is 12.8. The fraction of sp³-hybridized carbons (Fsp3) is 0.200. The van der Waals surface area contributed by atoms with Gasteiger partial charge in [0.2, 0.25) is 0 Å². The van der Waals surface area contributed by atoms with Crippen LogP contribution in [0.25, 0.3) is 10.4 Å². The Morgan fingerprint density at radius 3 is 2.59 bits per heavy atom. The highest BCUT2D eigenvalue weighted by Gasteiger charge is 2.14. The molecule has 0 bridgehead atoms. The van der Waals surface area contributed by atoms with Crippen molar-refractivity contribution in [2.24, 2.45) is 0 Å². The van der Waals surface area contributed by atoms with Crippen LogP contribution in [0.15, 0.2) is 46.9 Å². The first kappa shape index (κ1) is 18.8. The van der Waals surface area contributed by atoms with Gasteiger partial charge in [0.05, 0.1) is 4.88 Å². The van der Waals surface area contributed by atoms with Gasteiger partial charge in [0.1, 0.15) is 23.9 Å². The number of ether oxygens (including phenoxy) is 1. The zero-order valence-corrected chi connectivity index (χ0v) is 15.9. The average molecular weight is 387 g/mol. The van der Waals surface area contributed by atoms with Crippen LogP contribution in [-0.4, -0.2) is 30.7 Å². The van der Waals surface area contributed by atoms with Crippen molar-refractivity contribution in [2.75, 3.05) is 14.1 Å². The lowest BCUT2D eigenvalue weighted by molar-refractivity contribution is 0.0792. The van der Waals surface area contributed by atoms with Crippen LogP contribution in [0.3, 0.4) is 0 Å². The molecule has 0 aliphatic carbocycles. The maximum atomic E-state index is 14.0. The summed E-state index contributed by atoms with van der Waals surface area (Å²) in [7, 11) is 3.27. The van der Waals surface area contributed by atoms with Gasteiger partial charge in [0, 0.05) is 25.0 Å². The molecule has 27 heavy (non-hydrogen) atoms. The third-order valence-corrected chi connectivity index (χ3v) is 5.00. The Labute approximate surface area is 160 Å². The summed E-state index contributed by atoms with van der Waals surface area (Å²) in [5.41, 5.74) is 0.630. The molecule has 0 unspecified atom stereocenters. The fourth-order valence-corrected chi connectivity index (χ4v) is 3.30. The molecule has 5 nitrogen and oxygen atoms in total. The second-order valence-electron chi connectivity index (χ2n) is 6.15. The lowest BCUT2D eigenvalue weighted by atomic mass is 10.1. The third-order valence-electron chi connectivity index (χ3n) is 3.77. The minimum Gasteiger partial charge on any atom is -0.486 e. The predicted octanol–water partition coefficient (Wildman–Crippen LogP) is 4.63. The molecule has 0 aliphatic heterocycles. The van der Waals surface area contributed by atoms with Crippen molar-refractivity contribution in [3.8, 4) is 16.2 Å². The number of Topliss-reactive ketones (excluding diaryl/α,β-unsaturated/α-hetero) is 1. The van der Waals surface area contributed by atoms with Gasteiger partial charge in [0.25, 0.3) is 5.91 Å². The number of ketones is 1. The fourth-order valence-electron chi connectivity index (χ4n) is 2.42. The maximum absolute atomic E-state index is 14.0. The average Bonchev–Trinajstić information content (AvgIpc) is 3.28. The summed E-state index contributed by atoms with van der Waals surface area (Å²) in [6, 6.07) is 11.1. The standard InChI is InChI=1S/C20H18FNO4S/c1-12(23)18-6-7-19(27-18)13-8-14(21)10-16(9-13)25-11-15-4-5-17(26-15)20(24)22(2)3/h4-10H,11H2,1-3H3. The molecule has 3 aromatic rings. The van der Waals surface area contributed by atoms with Gasteiger partial charge in [0.15, 0.2) is 11.5 Å². The van der Waals surface area contributed by atoms with Crippen LogP contribution in [0.2, 0.25) is 0 Å². The predicted molar refractivity (Wildman–Crippen MR) is 101 cm³/mol. The second-order valence-corrected chi connectivity index (χ2v) is 7.23. The number of halogens is 1. The summed E-state index contributed by atoms with van der Waals surface area (Å²) in [6.45, 7) is 1.56. The van der Waals surface area contributed by atoms with Crippen molar-refractivity contribution >= 4 is 23.0 Å². The molecule has 140 valence electrons. The highest BCUT2D eigenvalue weighted by molar-refractivity contribution is 7.17. The zero-order valence-electron chi connectivity index (χ0n) is 15.1. The molecule has 0 spiro atoms. The van der Waals surface area contributed by atoms with E-state index in [4.69, 9.17) is 9.15 Å². The van der Waals surface area contributed by atoms with Crippen LogP contribution < -0.4 is 4.74 Å². The topological polar surface area (TPSA) is 59.8 Å². The summed E-state index contributed by atoms with van der Waals surface area (Å²) in [4.78, 5) is 26.1. The summed E-state index contributed by atoms with van der Waals surface area (Å²) in [5, 5.41) is 0. The Kier molecular flexibility index (Phi) is 5.41. The van der Waals surface area contributed by atoms with E-state index in [9.17, 15) is 14.0 Å². The molecule has 0 atom stereocenters. The summed E-state index contributed by atoms with van der Waals surface area (Å²) in [5.74, 6) is 0.297. The Bertz CT molecular complexity index is 990. The Morgan fingerprint density at radius 2 is 1.93 bits per heavy atom. The molecule has 2 heterocycles. The molecule has 2 aromatic heterocycles. The normalized spacial score (nSPS) is 10.7. The molecule has 7 heteroatoms. The molecule has 0 N–H and O–H groups in total. The molecule has 0 fully saturated rings. The van der Waals surface area contributed by atoms with Crippen molar-refractivity contribution in [3.63, 3.8) is 0 Å². The monoisotopic (exact) mass is 387 g/mol. The van der Waals surface area contributed by atoms with E-state index >= 15 is 0 Å². The summed E-state index contributed by atoms with van der Waals surface area (Å²) < 4.78 is 25.1. The van der Waals surface area contributed by atoms with Crippen molar-refractivity contribution < 1.29 is 23.1 Å². The zero-order chi connectivity index (χ0) is 19.6. The molecule has 3 rings (SSSR count). The minimum absolute atomic E-state index is 0.0278. The van der Waals surface area contributed by atoms with Crippen molar-refractivity contribution in [1.29, 1.82) is 0 Å². The molecule has 1 amide bonds. The number of nitrogens with zero attached hydrogens (tertiary/aromatic N) is 1. The molecule has 0 aliphatic rings. The van der Waals surface area contributed by atoms with Gasteiger partial charge >= 0.3 is 0 Å². The van der Waals surface area contributed by atoms with E-state index in [1.165, 1.54) is 35.3 Å². The summed E-state index contributed by atoms with van der Waals surface area (Å²) >= 11 is 1.30. The number of hydrogen-bond donors (Lipinski definition) is 0. The quantitative estimate of drug-likeness (QED) is 0.579. The van der Waals surface area contributed by atoms with E-state index in [2.05, 4.69) is 0 Å². The van der Waals surface area contributed by atoms with Crippen LogP contribution >= 0.6 is 11.3 Å². The Hall–Kier alpha value is -2.93. The number of furan rings is 1. The van der Waals surface area contributed by atoms with E-state index in [0.717, 1.165) is 4.88 Å². The van der Waals surface area contributed by atoms with Crippen molar-refractivity contribution in [3.05, 3.63) is 64.7 Å². The van der Waals surface area contributed by atoms with Gasteiger partial charge in [-0.2, -0.15) is 0 Å². The number of carbonyl (C=O) groups is 2. The maximum Gasteiger partial charge on any atom is 0.289 e. The summed E-state index contributed by atoms with van der Waals surface area (Å²) in [6.07, 6.45) is 0. The van der Waals surface area contributed by atoms with E-state index < -0.39 is 5.82 Å². The lowest BCUT2D eigenvalue weighted by Crippen LogP contribution is -2.20. The SMILES string of the molecule is CC(=O)c1ccc(-c2cc(F)cc(OCc3ccc(C(=O)N(C)C)o3)c2)s1. The van der Waals surface area contributed by atoms with Gasteiger partial charge in [-0.1, -0.05) is 0 Å². The number of amides is 1. The smallest absolute Gasteiger partial charge is 0.289 e. The van der Waals surface area contributed by atoms with Gasteiger partial charge in [-0.05, 0) is 48.9 Å². The molecule has 0 saturated heterocycles. The minimum atomic E-state index is -0.441. The molecule has 0 radical (unpaired) electrons. The van der Waals surface area contributed by atoms with E-state index in [1.807, 2.05) is 0 Å². The number of thiophene rings is 1. The van der Waals surface area contributed by atoms with Crippen LogP contribution in [0, 0.1) is 5.82 Å². The van der Waals surface area contributed by atoms with Crippen LogP contribution in [0.4, 0.5) is 4.39 Å². The Balaban J connectivity index is 1.75. The third kappa shape index (κ3) is 4.43. The van der Waals surface area contributed by atoms with Crippen LogP contribution in [-0.2, 0) is 6.61 Å².